The van der Waals surface area contributed by atoms with Gasteiger partial charge < -0.3 is 15.8 Å². The lowest BCUT2D eigenvalue weighted by Crippen LogP contribution is -2.12. The molecule has 0 radical (unpaired) electrons. The Bertz CT molecular complexity index is 224. The first-order valence-electron chi connectivity index (χ1n) is 3.45. The highest BCUT2D eigenvalue weighted by molar-refractivity contribution is 5.15. The maximum Gasteiger partial charge on any atom is 0.195 e. The summed E-state index contributed by atoms with van der Waals surface area (Å²) in [6.07, 6.45) is 1.87. The van der Waals surface area contributed by atoms with Gasteiger partial charge >= 0.3 is 0 Å². The summed E-state index contributed by atoms with van der Waals surface area (Å²) >= 11 is 0. The molecule has 0 saturated carbocycles. The van der Waals surface area contributed by atoms with Crippen molar-refractivity contribution in [3.05, 3.63) is 23.8 Å². The van der Waals surface area contributed by atoms with Crippen molar-refractivity contribution in [2.24, 2.45) is 5.73 Å². The van der Waals surface area contributed by atoms with Crippen molar-refractivity contribution in [2.45, 2.75) is 12.5 Å². The van der Waals surface area contributed by atoms with E-state index in [1.165, 1.54) is 6.20 Å². The average Bonchev–Trinajstić information content (AvgIpc) is 2.36. The fourth-order valence-corrected chi connectivity index (χ4v) is 0.942. The lowest BCUT2D eigenvalue weighted by Gasteiger charge is -2.06. The van der Waals surface area contributed by atoms with E-state index >= 15 is 0 Å². The molecule has 0 unspecified atom stereocenters. The Morgan fingerprint density at radius 3 is 2.91 bits per heavy atom. The standard InChI is InChI=1S/C7H11FN2O/c8-7-5(1-3-10-7)6(9)2-4-11/h1,3,6,10-11H,2,4,9H2/t6-/m1/s1. The molecular formula is C7H11FN2O. The van der Waals surface area contributed by atoms with Crippen LogP contribution in [0.3, 0.4) is 0 Å². The fraction of sp³-hybridized carbons (Fsp3) is 0.429. The van der Waals surface area contributed by atoms with Gasteiger partial charge in [0.05, 0.1) is 0 Å². The van der Waals surface area contributed by atoms with Gasteiger partial charge in [0.2, 0.25) is 0 Å². The van der Waals surface area contributed by atoms with Crippen LogP contribution < -0.4 is 5.73 Å². The summed E-state index contributed by atoms with van der Waals surface area (Å²) < 4.78 is 12.7. The number of aliphatic hydroxyl groups excluding tert-OH is 1. The van der Waals surface area contributed by atoms with Gasteiger partial charge in [-0.05, 0) is 12.5 Å². The zero-order valence-corrected chi connectivity index (χ0v) is 6.05. The number of nitrogens with one attached hydrogen (secondary N) is 1. The van der Waals surface area contributed by atoms with Crippen LogP contribution in [0.5, 0.6) is 0 Å². The number of aliphatic hydroxyl groups is 1. The summed E-state index contributed by atoms with van der Waals surface area (Å²) in [4.78, 5) is 2.38. The highest BCUT2D eigenvalue weighted by atomic mass is 19.1. The van der Waals surface area contributed by atoms with Gasteiger partial charge in [0.1, 0.15) is 0 Å². The van der Waals surface area contributed by atoms with E-state index < -0.39 is 12.0 Å². The van der Waals surface area contributed by atoms with Gasteiger partial charge in [-0.3, -0.25) is 0 Å². The van der Waals surface area contributed by atoms with Gasteiger partial charge in [-0.15, -0.1) is 0 Å². The lowest BCUT2D eigenvalue weighted by atomic mass is 10.1. The van der Waals surface area contributed by atoms with Crippen molar-refractivity contribution >= 4 is 0 Å². The van der Waals surface area contributed by atoms with E-state index in [1.54, 1.807) is 6.07 Å². The Labute approximate surface area is 64.0 Å². The number of hydrogen-bond donors (Lipinski definition) is 3. The van der Waals surface area contributed by atoms with Crippen molar-refractivity contribution < 1.29 is 9.50 Å². The number of rotatable bonds is 3. The largest absolute Gasteiger partial charge is 0.396 e. The minimum Gasteiger partial charge on any atom is -0.396 e. The monoisotopic (exact) mass is 158 g/mol. The fourth-order valence-electron chi connectivity index (χ4n) is 0.942. The second-order valence-electron chi connectivity index (χ2n) is 2.37. The number of H-pyrrole nitrogens is 1. The molecular weight excluding hydrogens is 147 g/mol. The summed E-state index contributed by atoms with van der Waals surface area (Å²) in [5.41, 5.74) is 5.96. The van der Waals surface area contributed by atoms with Crippen LogP contribution in [0, 0.1) is 5.95 Å². The average molecular weight is 158 g/mol. The molecule has 0 saturated heterocycles. The van der Waals surface area contributed by atoms with Crippen LogP contribution in [0.2, 0.25) is 0 Å². The molecule has 0 spiro atoms. The van der Waals surface area contributed by atoms with Crippen LogP contribution in [-0.4, -0.2) is 16.7 Å². The number of aromatic nitrogens is 1. The third-order valence-electron chi connectivity index (χ3n) is 1.57. The highest BCUT2D eigenvalue weighted by Gasteiger charge is 2.10. The Morgan fingerprint density at radius 2 is 2.45 bits per heavy atom. The molecule has 0 aliphatic rings. The second-order valence-corrected chi connectivity index (χ2v) is 2.37. The Balaban J connectivity index is 2.67. The quantitative estimate of drug-likeness (QED) is 0.601. The Morgan fingerprint density at radius 1 is 1.73 bits per heavy atom. The molecule has 0 aliphatic heterocycles. The maximum atomic E-state index is 12.7. The van der Waals surface area contributed by atoms with Gasteiger partial charge in [-0.2, -0.15) is 4.39 Å². The molecule has 4 N–H and O–H groups in total. The second kappa shape index (κ2) is 3.50. The first-order valence-corrected chi connectivity index (χ1v) is 3.45. The Hall–Kier alpha value is -0.870. The normalized spacial score (nSPS) is 13.4. The van der Waals surface area contributed by atoms with E-state index in [2.05, 4.69) is 4.98 Å². The van der Waals surface area contributed by atoms with Crippen molar-refractivity contribution in [3.8, 4) is 0 Å². The molecule has 1 atom stereocenters. The zero-order chi connectivity index (χ0) is 8.27. The van der Waals surface area contributed by atoms with Crippen LogP contribution >= 0.6 is 0 Å². The van der Waals surface area contributed by atoms with Crippen LogP contribution in [0.15, 0.2) is 12.3 Å². The van der Waals surface area contributed by atoms with Gasteiger partial charge in [-0.1, -0.05) is 0 Å². The van der Waals surface area contributed by atoms with E-state index in [-0.39, 0.29) is 6.61 Å². The predicted octanol–water partition coefficient (Wildman–Crippen LogP) is 0.536. The molecule has 0 aliphatic carbocycles. The molecule has 3 nitrogen and oxygen atoms in total. The SMILES string of the molecule is N[C@H](CCO)c1cc[nH]c1F. The maximum absolute atomic E-state index is 12.7. The molecule has 1 aromatic rings. The van der Waals surface area contributed by atoms with Gasteiger partial charge in [-0.25, -0.2) is 0 Å². The van der Waals surface area contributed by atoms with E-state index in [0.717, 1.165) is 0 Å². The highest BCUT2D eigenvalue weighted by Crippen LogP contribution is 2.15. The molecule has 0 aromatic carbocycles. The molecule has 1 aromatic heterocycles. The summed E-state index contributed by atoms with van der Waals surface area (Å²) in [6.45, 7) is -0.0220. The minimum atomic E-state index is -0.411. The molecule has 1 rings (SSSR count). The van der Waals surface area contributed by atoms with Crippen LogP contribution in [0.4, 0.5) is 4.39 Å². The molecule has 4 heteroatoms. The van der Waals surface area contributed by atoms with Gasteiger partial charge in [0.15, 0.2) is 5.95 Å². The van der Waals surface area contributed by atoms with Crippen LogP contribution in [0.25, 0.3) is 0 Å². The predicted molar refractivity (Wildman–Crippen MR) is 39.4 cm³/mol. The smallest absolute Gasteiger partial charge is 0.195 e. The van der Waals surface area contributed by atoms with Crippen LogP contribution in [-0.2, 0) is 0 Å². The van der Waals surface area contributed by atoms with Crippen molar-refractivity contribution in [1.29, 1.82) is 0 Å². The third kappa shape index (κ3) is 1.78. The topological polar surface area (TPSA) is 62.0 Å². The van der Waals surface area contributed by atoms with Gasteiger partial charge in [0.25, 0.3) is 0 Å². The van der Waals surface area contributed by atoms with Crippen LogP contribution in [0.1, 0.15) is 18.0 Å². The first kappa shape index (κ1) is 8.23. The molecule has 0 bridgehead atoms. The number of halogens is 1. The number of nitrogens with two attached hydrogens (primary N) is 1. The molecule has 0 amide bonds. The summed E-state index contributed by atoms with van der Waals surface area (Å²) in [5.74, 6) is -0.411. The number of aromatic amines is 1. The molecule has 62 valence electrons. The molecule has 11 heavy (non-hydrogen) atoms. The first-order chi connectivity index (χ1) is 5.25. The van der Waals surface area contributed by atoms with Gasteiger partial charge in [0, 0.05) is 24.4 Å². The van der Waals surface area contributed by atoms with E-state index in [1.807, 2.05) is 0 Å². The van der Waals surface area contributed by atoms with E-state index in [4.69, 9.17) is 10.8 Å². The third-order valence-corrected chi connectivity index (χ3v) is 1.57. The molecule has 0 fully saturated rings. The minimum absolute atomic E-state index is 0.0220. The summed E-state index contributed by atoms with van der Waals surface area (Å²) in [7, 11) is 0. The summed E-state index contributed by atoms with van der Waals surface area (Å²) in [6, 6.07) is 1.17. The zero-order valence-electron chi connectivity index (χ0n) is 6.05. The van der Waals surface area contributed by atoms with Crippen molar-refractivity contribution in [3.63, 3.8) is 0 Å². The summed E-state index contributed by atoms with van der Waals surface area (Å²) in [5, 5.41) is 8.51. The Kier molecular flexibility index (Phi) is 2.62. The number of hydrogen-bond acceptors (Lipinski definition) is 2. The molecule has 1 heterocycles. The van der Waals surface area contributed by atoms with Crippen molar-refractivity contribution in [1.82, 2.24) is 4.98 Å². The van der Waals surface area contributed by atoms with E-state index in [0.29, 0.717) is 12.0 Å². The van der Waals surface area contributed by atoms with Crippen molar-refractivity contribution in [2.75, 3.05) is 6.61 Å². The van der Waals surface area contributed by atoms with E-state index in [9.17, 15) is 4.39 Å². The lowest BCUT2D eigenvalue weighted by molar-refractivity contribution is 0.275.